The van der Waals surface area contributed by atoms with Crippen LogP contribution in [0.2, 0.25) is 0 Å². The van der Waals surface area contributed by atoms with Gasteiger partial charge >= 0.3 is 5.97 Å². The zero-order valence-corrected chi connectivity index (χ0v) is 8.94. The van der Waals surface area contributed by atoms with Crippen molar-refractivity contribution >= 4 is 17.6 Å². The highest BCUT2D eigenvalue weighted by Gasteiger charge is 2.18. The zero-order chi connectivity index (χ0) is 9.78. The molecule has 1 atom stereocenters. The minimum atomic E-state index is -0.401. The lowest BCUT2D eigenvalue weighted by molar-refractivity contribution is -0.154. The highest BCUT2D eigenvalue weighted by Crippen LogP contribution is 2.12. The predicted octanol–water partition coefficient (Wildman–Crippen LogP) is 2.74. The Morgan fingerprint density at radius 2 is 2.00 bits per heavy atom. The van der Waals surface area contributed by atoms with Gasteiger partial charge in [-0.3, -0.25) is 4.79 Å². The quantitative estimate of drug-likeness (QED) is 0.508. The lowest BCUT2D eigenvalue weighted by atomic mass is 10.2. The van der Waals surface area contributed by atoms with Crippen LogP contribution in [0.4, 0.5) is 0 Å². The van der Waals surface area contributed by atoms with Crippen molar-refractivity contribution in [3.63, 3.8) is 0 Å². The van der Waals surface area contributed by atoms with E-state index in [0.717, 1.165) is 6.42 Å². The van der Waals surface area contributed by atoms with Crippen LogP contribution >= 0.6 is 11.6 Å². The van der Waals surface area contributed by atoms with Crippen molar-refractivity contribution in [2.75, 3.05) is 0 Å². The molecule has 0 saturated heterocycles. The Kier molecular flexibility index (Phi) is 4.61. The fourth-order valence-electron chi connectivity index (χ4n) is 0.708. The van der Waals surface area contributed by atoms with Gasteiger partial charge in [0.1, 0.15) is 5.60 Å². The van der Waals surface area contributed by atoms with E-state index in [1.165, 1.54) is 0 Å². The van der Waals surface area contributed by atoms with Crippen LogP contribution in [0.1, 0.15) is 40.5 Å². The molecule has 0 aromatic rings. The molecule has 0 saturated carbocycles. The van der Waals surface area contributed by atoms with Gasteiger partial charge in [0.25, 0.3) is 0 Å². The first-order valence-corrected chi connectivity index (χ1v) is 4.64. The van der Waals surface area contributed by atoms with E-state index in [-0.39, 0.29) is 11.3 Å². The Labute approximate surface area is 79.2 Å². The topological polar surface area (TPSA) is 26.3 Å². The van der Waals surface area contributed by atoms with Gasteiger partial charge in [0.05, 0.1) is 6.42 Å². The molecular formula is C9H17ClO2. The molecule has 3 heteroatoms. The maximum absolute atomic E-state index is 11.1. The van der Waals surface area contributed by atoms with Crippen molar-refractivity contribution in [3.8, 4) is 0 Å². The normalized spacial score (nSPS) is 14.1. The van der Waals surface area contributed by atoms with Crippen molar-refractivity contribution in [2.24, 2.45) is 0 Å². The lowest BCUT2D eigenvalue weighted by Gasteiger charge is -2.20. The molecule has 0 radical (unpaired) electrons. The standard InChI is InChI=1S/C9H17ClO2/c1-5-7(10)6-8(11)12-9(2,3)4/h7H,5-6H2,1-4H3. The van der Waals surface area contributed by atoms with E-state index in [9.17, 15) is 4.79 Å². The van der Waals surface area contributed by atoms with E-state index >= 15 is 0 Å². The monoisotopic (exact) mass is 192 g/mol. The molecule has 0 N–H and O–H groups in total. The summed E-state index contributed by atoms with van der Waals surface area (Å²) >= 11 is 5.79. The molecule has 0 heterocycles. The number of hydrogen-bond donors (Lipinski definition) is 0. The Bertz CT molecular complexity index is 149. The number of hydrogen-bond acceptors (Lipinski definition) is 2. The molecule has 0 amide bonds. The molecule has 0 aliphatic carbocycles. The predicted molar refractivity (Wildman–Crippen MR) is 50.4 cm³/mol. The second-order valence-electron chi connectivity index (χ2n) is 3.80. The largest absolute Gasteiger partial charge is 0.460 e. The highest BCUT2D eigenvalue weighted by atomic mass is 35.5. The third-order valence-corrected chi connectivity index (χ3v) is 1.71. The molecule has 1 unspecified atom stereocenters. The van der Waals surface area contributed by atoms with Crippen LogP contribution < -0.4 is 0 Å². The van der Waals surface area contributed by atoms with Crippen molar-refractivity contribution in [2.45, 2.75) is 51.5 Å². The van der Waals surface area contributed by atoms with Gasteiger partial charge in [0, 0.05) is 5.38 Å². The molecule has 0 aliphatic heterocycles. The number of ether oxygens (including phenoxy) is 1. The Morgan fingerprint density at radius 3 is 2.33 bits per heavy atom. The summed E-state index contributed by atoms with van der Waals surface area (Å²) in [5.74, 6) is -0.218. The number of halogens is 1. The first-order chi connectivity index (χ1) is 5.35. The average molecular weight is 193 g/mol. The Hall–Kier alpha value is -0.240. The molecule has 0 bridgehead atoms. The summed E-state index contributed by atoms with van der Waals surface area (Å²) in [6.07, 6.45) is 1.09. The molecule has 0 aromatic heterocycles. The van der Waals surface area contributed by atoms with E-state index in [4.69, 9.17) is 16.3 Å². The SMILES string of the molecule is CCC(Cl)CC(=O)OC(C)(C)C. The van der Waals surface area contributed by atoms with Gasteiger partial charge < -0.3 is 4.74 Å². The smallest absolute Gasteiger partial charge is 0.307 e. The van der Waals surface area contributed by atoms with Gasteiger partial charge in [0.15, 0.2) is 0 Å². The van der Waals surface area contributed by atoms with Crippen LogP contribution in [0.15, 0.2) is 0 Å². The molecule has 0 aromatic carbocycles. The molecule has 0 fully saturated rings. The number of carbonyl (C=O) groups is 1. The molecule has 72 valence electrons. The maximum atomic E-state index is 11.1. The summed E-state index contributed by atoms with van der Waals surface area (Å²) in [6, 6.07) is 0. The van der Waals surface area contributed by atoms with Crippen LogP contribution in [-0.2, 0) is 9.53 Å². The molecule has 0 spiro atoms. The fraction of sp³-hybridized carbons (Fsp3) is 0.889. The maximum Gasteiger partial charge on any atom is 0.307 e. The molecule has 12 heavy (non-hydrogen) atoms. The number of alkyl halides is 1. The van der Waals surface area contributed by atoms with Crippen LogP contribution in [0, 0.1) is 0 Å². The first kappa shape index (κ1) is 11.8. The van der Waals surface area contributed by atoms with Crippen molar-refractivity contribution in [1.29, 1.82) is 0 Å². The summed E-state index contributed by atoms with van der Waals surface area (Å²) in [7, 11) is 0. The lowest BCUT2D eigenvalue weighted by Crippen LogP contribution is -2.25. The minimum Gasteiger partial charge on any atom is -0.460 e. The fourth-order valence-corrected chi connectivity index (χ4v) is 0.834. The van der Waals surface area contributed by atoms with Gasteiger partial charge in [0.2, 0.25) is 0 Å². The van der Waals surface area contributed by atoms with Gasteiger partial charge in [-0.2, -0.15) is 0 Å². The highest BCUT2D eigenvalue weighted by molar-refractivity contribution is 6.21. The van der Waals surface area contributed by atoms with Crippen LogP contribution in [0.5, 0.6) is 0 Å². The molecule has 2 nitrogen and oxygen atoms in total. The summed E-state index contributed by atoms with van der Waals surface area (Å²) in [5, 5.41) is -0.0974. The minimum absolute atomic E-state index is 0.0974. The van der Waals surface area contributed by atoms with E-state index in [2.05, 4.69) is 0 Å². The van der Waals surface area contributed by atoms with Crippen LogP contribution in [-0.4, -0.2) is 16.9 Å². The Balaban J connectivity index is 3.75. The summed E-state index contributed by atoms with van der Waals surface area (Å²) in [5.41, 5.74) is -0.401. The van der Waals surface area contributed by atoms with Crippen LogP contribution in [0.25, 0.3) is 0 Å². The molecular weight excluding hydrogens is 176 g/mol. The van der Waals surface area contributed by atoms with E-state index in [0.29, 0.717) is 6.42 Å². The third kappa shape index (κ3) is 6.47. The molecule has 0 aliphatic rings. The Morgan fingerprint density at radius 1 is 1.50 bits per heavy atom. The van der Waals surface area contributed by atoms with Crippen molar-refractivity contribution in [1.82, 2.24) is 0 Å². The van der Waals surface area contributed by atoms with Gasteiger partial charge in [-0.05, 0) is 27.2 Å². The number of carbonyl (C=O) groups excluding carboxylic acids is 1. The van der Waals surface area contributed by atoms with E-state index < -0.39 is 5.60 Å². The number of rotatable bonds is 3. The van der Waals surface area contributed by atoms with E-state index in [1.807, 2.05) is 27.7 Å². The second-order valence-corrected chi connectivity index (χ2v) is 4.41. The zero-order valence-electron chi connectivity index (χ0n) is 8.19. The third-order valence-electron chi connectivity index (χ3n) is 1.25. The summed E-state index contributed by atoms with van der Waals surface area (Å²) < 4.78 is 5.09. The van der Waals surface area contributed by atoms with Crippen LogP contribution in [0.3, 0.4) is 0 Å². The second kappa shape index (κ2) is 4.70. The van der Waals surface area contributed by atoms with E-state index in [1.54, 1.807) is 0 Å². The summed E-state index contributed by atoms with van der Waals surface area (Å²) in [4.78, 5) is 11.1. The van der Waals surface area contributed by atoms with Crippen molar-refractivity contribution < 1.29 is 9.53 Å². The average Bonchev–Trinajstić information content (AvgIpc) is 1.82. The van der Waals surface area contributed by atoms with Crippen molar-refractivity contribution in [3.05, 3.63) is 0 Å². The van der Waals surface area contributed by atoms with Gasteiger partial charge in [-0.1, -0.05) is 6.92 Å². The molecule has 0 rings (SSSR count). The van der Waals surface area contributed by atoms with Gasteiger partial charge in [-0.15, -0.1) is 11.6 Å². The number of esters is 1. The summed E-state index contributed by atoms with van der Waals surface area (Å²) in [6.45, 7) is 7.49. The van der Waals surface area contributed by atoms with Gasteiger partial charge in [-0.25, -0.2) is 0 Å². The first-order valence-electron chi connectivity index (χ1n) is 4.21.